The Hall–Kier alpha value is -3.68. The van der Waals surface area contributed by atoms with Crippen molar-refractivity contribution in [1.82, 2.24) is 20.1 Å². The van der Waals surface area contributed by atoms with Crippen LogP contribution in [0.15, 0.2) is 54.9 Å². The van der Waals surface area contributed by atoms with Crippen LogP contribution >= 0.6 is 0 Å². The molecule has 2 aromatic heterocycles. The average molecular weight is 405 g/mol. The molecular weight excluding hydrogens is 382 g/mol. The lowest BCUT2D eigenvalue weighted by molar-refractivity contribution is -0.121. The lowest BCUT2D eigenvalue weighted by Gasteiger charge is -2.31. The van der Waals surface area contributed by atoms with Crippen LogP contribution in [0.5, 0.6) is 5.75 Å². The number of nitrogens with one attached hydrogen (secondary N) is 2. The van der Waals surface area contributed by atoms with E-state index < -0.39 is 0 Å². The van der Waals surface area contributed by atoms with Crippen molar-refractivity contribution in [2.75, 3.05) is 25.5 Å². The second-order valence-electron chi connectivity index (χ2n) is 7.22. The summed E-state index contributed by atoms with van der Waals surface area (Å²) in [6.07, 6.45) is 4.91. The lowest BCUT2D eigenvalue weighted by atomic mass is 9.96. The second-order valence-corrected chi connectivity index (χ2v) is 7.22. The van der Waals surface area contributed by atoms with Crippen LogP contribution in [0.1, 0.15) is 23.3 Å². The van der Waals surface area contributed by atoms with Crippen molar-refractivity contribution in [1.29, 1.82) is 0 Å². The molecule has 1 fully saturated rings. The fourth-order valence-corrected chi connectivity index (χ4v) is 3.56. The first kappa shape index (κ1) is 19.6. The van der Waals surface area contributed by atoms with E-state index in [1.54, 1.807) is 54.7 Å². The van der Waals surface area contributed by atoms with Gasteiger partial charge in [-0.05, 0) is 55.3 Å². The van der Waals surface area contributed by atoms with Gasteiger partial charge < -0.3 is 15.0 Å². The number of piperidine rings is 1. The number of aromatic amines is 1. The molecule has 0 spiro atoms. The third-order valence-corrected chi connectivity index (χ3v) is 5.20. The van der Waals surface area contributed by atoms with Crippen LogP contribution in [0.3, 0.4) is 0 Å². The molecule has 30 heavy (non-hydrogen) atoms. The summed E-state index contributed by atoms with van der Waals surface area (Å²) in [5.74, 6) is 0.232. The molecule has 1 saturated heterocycles. The van der Waals surface area contributed by atoms with Crippen LogP contribution < -0.4 is 10.1 Å². The van der Waals surface area contributed by atoms with Crippen molar-refractivity contribution in [3.8, 4) is 17.0 Å². The van der Waals surface area contributed by atoms with Crippen LogP contribution in [0.4, 0.5) is 5.69 Å². The SMILES string of the molecule is COc1ccc(NC(=O)[C@H]2CCCN(C(=O)c3cc(-c4cccnc4)n[nH]3)C2)cc1. The Labute approximate surface area is 174 Å². The van der Waals surface area contributed by atoms with Gasteiger partial charge in [-0.2, -0.15) is 5.10 Å². The Morgan fingerprint density at radius 3 is 2.80 bits per heavy atom. The molecule has 4 rings (SSSR count). The van der Waals surface area contributed by atoms with Crippen LogP contribution in [0, 0.1) is 5.92 Å². The molecule has 0 bridgehead atoms. The molecular formula is C22H23N5O3. The molecule has 2 N–H and O–H groups in total. The maximum absolute atomic E-state index is 12.9. The van der Waals surface area contributed by atoms with Crippen molar-refractivity contribution >= 4 is 17.5 Å². The first-order valence-corrected chi connectivity index (χ1v) is 9.84. The van der Waals surface area contributed by atoms with E-state index in [9.17, 15) is 9.59 Å². The van der Waals surface area contributed by atoms with Gasteiger partial charge in [0, 0.05) is 36.7 Å². The van der Waals surface area contributed by atoms with E-state index in [4.69, 9.17) is 4.74 Å². The first-order chi connectivity index (χ1) is 14.6. The number of amides is 2. The van der Waals surface area contributed by atoms with Gasteiger partial charge in [0.15, 0.2) is 0 Å². The van der Waals surface area contributed by atoms with Crippen molar-refractivity contribution in [2.24, 2.45) is 5.92 Å². The van der Waals surface area contributed by atoms with E-state index in [2.05, 4.69) is 20.5 Å². The van der Waals surface area contributed by atoms with Gasteiger partial charge in [-0.3, -0.25) is 19.7 Å². The highest BCUT2D eigenvalue weighted by Gasteiger charge is 2.29. The van der Waals surface area contributed by atoms with Gasteiger partial charge in [-0.15, -0.1) is 0 Å². The molecule has 8 heteroatoms. The Morgan fingerprint density at radius 2 is 2.07 bits per heavy atom. The summed E-state index contributed by atoms with van der Waals surface area (Å²) < 4.78 is 5.13. The number of methoxy groups -OCH3 is 1. The van der Waals surface area contributed by atoms with E-state index in [0.29, 0.717) is 30.2 Å². The number of benzene rings is 1. The predicted molar refractivity (Wildman–Crippen MR) is 112 cm³/mol. The summed E-state index contributed by atoms with van der Waals surface area (Å²) in [5.41, 5.74) is 2.62. The highest BCUT2D eigenvalue weighted by Crippen LogP contribution is 2.23. The number of anilines is 1. The highest BCUT2D eigenvalue weighted by atomic mass is 16.5. The zero-order chi connectivity index (χ0) is 20.9. The number of nitrogens with zero attached hydrogens (tertiary/aromatic N) is 3. The second kappa shape index (κ2) is 8.77. The van der Waals surface area contributed by atoms with Gasteiger partial charge in [-0.1, -0.05) is 0 Å². The van der Waals surface area contributed by atoms with E-state index >= 15 is 0 Å². The Morgan fingerprint density at radius 1 is 1.23 bits per heavy atom. The normalized spacial score (nSPS) is 16.2. The summed E-state index contributed by atoms with van der Waals surface area (Å²) in [6, 6.07) is 12.6. The number of H-pyrrole nitrogens is 1. The molecule has 0 radical (unpaired) electrons. The predicted octanol–water partition coefficient (Wildman–Crippen LogP) is 2.97. The standard InChI is InChI=1S/C22H23N5O3/c1-30-18-8-6-17(7-9-18)24-21(28)16-5-3-11-27(14-16)22(29)20-12-19(25-26-20)15-4-2-10-23-13-15/h2,4,6-10,12-13,16H,3,5,11,14H2,1H3,(H,24,28)(H,25,26)/t16-/m0/s1. The molecule has 2 amide bonds. The summed E-state index contributed by atoms with van der Waals surface area (Å²) in [6.45, 7) is 0.995. The molecule has 0 saturated carbocycles. The minimum Gasteiger partial charge on any atom is -0.497 e. The molecule has 0 unspecified atom stereocenters. The summed E-state index contributed by atoms with van der Waals surface area (Å²) >= 11 is 0. The highest BCUT2D eigenvalue weighted by molar-refractivity contribution is 5.95. The summed E-state index contributed by atoms with van der Waals surface area (Å²) in [5, 5.41) is 9.97. The van der Waals surface area contributed by atoms with E-state index in [-0.39, 0.29) is 17.7 Å². The van der Waals surface area contributed by atoms with Crippen molar-refractivity contribution < 1.29 is 14.3 Å². The number of rotatable bonds is 5. The van der Waals surface area contributed by atoms with Gasteiger partial charge in [-0.25, -0.2) is 0 Å². The third kappa shape index (κ3) is 4.32. The molecule has 1 aromatic carbocycles. The topological polar surface area (TPSA) is 100 Å². The van der Waals surface area contributed by atoms with Gasteiger partial charge >= 0.3 is 0 Å². The van der Waals surface area contributed by atoms with Gasteiger partial charge in [0.1, 0.15) is 11.4 Å². The number of carbonyl (C=O) groups is 2. The number of pyridine rings is 1. The Bertz CT molecular complexity index is 1020. The van der Waals surface area contributed by atoms with E-state index in [1.165, 1.54) is 0 Å². The fraction of sp³-hybridized carbons (Fsp3) is 0.273. The Kier molecular flexibility index (Phi) is 5.74. The number of ether oxygens (including phenoxy) is 1. The summed E-state index contributed by atoms with van der Waals surface area (Å²) in [7, 11) is 1.60. The van der Waals surface area contributed by atoms with Gasteiger partial charge in [0.2, 0.25) is 5.91 Å². The van der Waals surface area contributed by atoms with Crippen LogP contribution in [-0.2, 0) is 4.79 Å². The van der Waals surface area contributed by atoms with Crippen LogP contribution in [0.2, 0.25) is 0 Å². The van der Waals surface area contributed by atoms with Crippen LogP contribution in [0.25, 0.3) is 11.3 Å². The van der Waals surface area contributed by atoms with Gasteiger partial charge in [0.05, 0.1) is 18.7 Å². The zero-order valence-electron chi connectivity index (χ0n) is 16.7. The number of carbonyl (C=O) groups excluding carboxylic acids is 2. The minimum absolute atomic E-state index is 0.0849. The lowest BCUT2D eigenvalue weighted by Crippen LogP contribution is -2.43. The van der Waals surface area contributed by atoms with Crippen molar-refractivity contribution in [3.05, 3.63) is 60.6 Å². The van der Waals surface area contributed by atoms with E-state index in [1.807, 2.05) is 12.1 Å². The number of aromatic nitrogens is 3. The van der Waals surface area contributed by atoms with Crippen LogP contribution in [-0.4, -0.2) is 52.1 Å². The number of hydrogen-bond acceptors (Lipinski definition) is 5. The third-order valence-electron chi connectivity index (χ3n) is 5.20. The first-order valence-electron chi connectivity index (χ1n) is 9.84. The fourth-order valence-electron chi connectivity index (χ4n) is 3.56. The number of hydrogen-bond donors (Lipinski definition) is 2. The monoisotopic (exact) mass is 405 g/mol. The molecule has 3 heterocycles. The molecule has 1 atom stereocenters. The molecule has 1 aliphatic rings. The molecule has 8 nitrogen and oxygen atoms in total. The zero-order valence-corrected chi connectivity index (χ0v) is 16.7. The van der Waals surface area contributed by atoms with Crippen molar-refractivity contribution in [3.63, 3.8) is 0 Å². The van der Waals surface area contributed by atoms with Crippen molar-refractivity contribution in [2.45, 2.75) is 12.8 Å². The maximum atomic E-state index is 12.9. The largest absolute Gasteiger partial charge is 0.497 e. The average Bonchev–Trinajstić information content (AvgIpc) is 3.30. The minimum atomic E-state index is -0.259. The smallest absolute Gasteiger partial charge is 0.271 e. The van der Waals surface area contributed by atoms with Gasteiger partial charge in [0.25, 0.3) is 5.91 Å². The quantitative estimate of drug-likeness (QED) is 0.680. The maximum Gasteiger partial charge on any atom is 0.271 e. The number of likely N-dealkylation sites (tertiary alicyclic amines) is 1. The molecule has 0 aliphatic carbocycles. The van der Waals surface area contributed by atoms with E-state index in [0.717, 1.165) is 24.2 Å². The molecule has 3 aromatic rings. The summed E-state index contributed by atoms with van der Waals surface area (Å²) in [4.78, 5) is 31.4. The molecule has 1 aliphatic heterocycles. The molecule has 154 valence electrons. The Balaban J connectivity index is 1.40.